The zero-order valence-corrected chi connectivity index (χ0v) is 13.4. The topological polar surface area (TPSA) is 12.0 Å². The van der Waals surface area contributed by atoms with E-state index in [9.17, 15) is 0 Å². The molecule has 2 rings (SSSR count). The summed E-state index contributed by atoms with van der Waals surface area (Å²) in [6.45, 7) is 6.58. The van der Waals surface area contributed by atoms with Crippen LogP contribution in [-0.2, 0) is 6.42 Å². The van der Waals surface area contributed by atoms with E-state index in [0.29, 0.717) is 6.04 Å². The largest absolute Gasteiger partial charge is 0.377 e. The van der Waals surface area contributed by atoms with Gasteiger partial charge in [0, 0.05) is 20.4 Å². The van der Waals surface area contributed by atoms with E-state index >= 15 is 0 Å². The zero-order valence-electron chi connectivity index (χ0n) is 11.0. The molecule has 0 saturated carbocycles. The molecule has 1 unspecified atom stereocenters. The summed E-state index contributed by atoms with van der Waals surface area (Å²) in [5.74, 6) is 0. The first-order chi connectivity index (χ1) is 8.61. The van der Waals surface area contributed by atoms with Crippen LogP contribution in [-0.4, -0.2) is 0 Å². The van der Waals surface area contributed by atoms with E-state index in [-0.39, 0.29) is 0 Å². The van der Waals surface area contributed by atoms with Crippen LogP contribution in [0.4, 0.5) is 5.69 Å². The summed E-state index contributed by atoms with van der Waals surface area (Å²) >= 11 is 5.30. The molecular formula is C15H18BrNS. The van der Waals surface area contributed by atoms with Crippen molar-refractivity contribution >= 4 is 33.0 Å². The van der Waals surface area contributed by atoms with E-state index < -0.39 is 0 Å². The Morgan fingerprint density at radius 1 is 1.39 bits per heavy atom. The summed E-state index contributed by atoms with van der Waals surface area (Å²) in [6, 6.07) is 9.02. The highest BCUT2D eigenvalue weighted by atomic mass is 79.9. The molecular weight excluding hydrogens is 306 g/mol. The van der Waals surface area contributed by atoms with Crippen LogP contribution in [0.3, 0.4) is 0 Å². The third kappa shape index (κ3) is 2.96. The van der Waals surface area contributed by atoms with Crippen molar-refractivity contribution in [1.82, 2.24) is 0 Å². The van der Waals surface area contributed by atoms with Gasteiger partial charge >= 0.3 is 0 Å². The first-order valence-corrected chi connectivity index (χ1v) is 7.88. The number of benzene rings is 1. The number of halogens is 1. The van der Waals surface area contributed by atoms with Gasteiger partial charge < -0.3 is 5.32 Å². The van der Waals surface area contributed by atoms with Gasteiger partial charge in [-0.2, -0.15) is 0 Å². The molecule has 1 aromatic heterocycles. The smallest absolute Gasteiger partial charge is 0.0579 e. The van der Waals surface area contributed by atoms with Crippen molar-refractivity contribution in [3.8, 4) is 0 Å². The molecule has 0 fully saturated rings. The van der Waals surface area contributed by atoms with Crippen molar-refractivity contribution in [2.45, 2.75) is 33.2 Å². The monoisotopic (exact) mass is 323 g/mol. The molecule has 1 atom stereocenters. The summed E-state index contributed by atoms with van der Waals surface area (Å²) in [4.78, 5) is 1.35. The van der Waals surface area contributed by atoms with Crippen molar-refractivity contribution in [1.29, 1.82) is 0 Å². The quantitative estimate of drug-likeness (QED) is 0.777. The van der Waals surface area contributed by atoms with Crippen LogP contribution in [0.5, 0.6) is 0 Å². The second-order valence-corrected chi connectivity index (χ2v) is 6.35. The molecule has 2 aromatic rings. The predicted octanol–water partition coefficient (Wildman–Crippen LogP) is 5.55. The lowest BCUT2D eigenvalue weighted by molar-refractivity contribution is 0.898. The fraction of sp³-hybridized carbons (Fsp3) is 0.333. The summed E-state index contributed by atoms with van der Waals surface area (Å²) in [5, 5.41) is 5.78. The molecule has 3 heteroatoms. The molecule has 18 heavy (non-hydrogen) atoms. The second-order valence-electron chi connectivity index (χ2n) is 4.50. The van der Waals surface area contributed by atoms with Gasteiger partial charge in [-0.15, -0.1) is 11.3 Å². The minimum atomic E-state index is 0.340. The molecule has 0 aliphatic heterocycles. The molecule has 1 heterocycles. The minimum Gasteiger partial charge on any atom is -0.377 e. The predicted molar refractivity (Wildman–Crippen MR) is 84.6 cm³/mol. The zero-order chi connectivity index (χ0) is 13.1. The molecule has 0 aliphatic rings. The van der Waals surface area contributed by atoms with Crippen molar-refractivity contribution in [3.63, 3.8) is 0 Å². The molecule has 1 N–H and O–H groups in total. The summed E-state index contributed by atoms with van der Waals surface area (Å²) in [6.07, 6.45) is 1.06. The van der Waals surface area contributed by atoms with Gasteiger partial charge in [0.2, 0.25) is 0 Å². The van der Waals surface area contributed by atoms with E-state index in [1.165, 1.54) is 21.7 Å². The molecule has 1 nitrogen and oxygen atoms in total. The Bertz CT molecular complexity index is 533. The Balaban J connectivity index is 2.23. The Hall–Kier alpha value is -0.800. The normalized spacial score (nSPS) is 12.4. The molecule has 0 amide bonds. The van der Waals surface area contributed by atoms with E-state index in [0.717, 1.165) is 10.9 Å². The maximum atomic E-state index is 3.65. The molecule has 0 radical (unpaired) electrons. The van der Waals surface area contributed by atoms with E-state index in [1.54, 1.807) is 11.3 Å². The van der Waals surface area contributed by atoms with Gasteiger partial charge in [0.05, 0.1) is 6.04 Å². The van der Waals surface area contributed by atoms with E-state index in [4.69, 9.17) is 0 Å². The van der Waals surface area contributed by atoms with Crippen LogP contribution in [0.15, 0.2) is 34.1 Å². The maximum absolute atomic E-state index is 3.65. The Kier molecular flexibility index (Phi) is 4.46. The molecule has 0 aliphatic carbocycles. The van der Waals surface area contributed by atoms with Crippen molar-refractivity contribution in [3.05, 3.63) is 50.1 Å². The highest BCUT2D eigenvalue weighted by molar-refractivity contribution is 9.10. The number of para-hydroxylation sites is 1. The maximum Gasteiger partial charge on any atom is 0.0579 e. The summed E-state index contributed by atoms with van der Waals surface area (Å²) in [5.41, 5.74) is 3.99. The molecule has 0 bridgehead atoms. The molecule has 1 aromatic carbocycles. The van der Waals surface area contributed by atoms with Crippen molar-refractivity contribution < 1.29 is 0 Å². The van der Waals surface area contributed by atoms with Gasteiger partial charge in [-0.3, -0.25) is 0 Å². The van der Waals surface area contributed by atoms with Crippen molar-refractivity contribution in [2.75, 3.05) is 5.32 Å². The van der Waals surface area contributed by atoms with Crippen LogP contribution in [0, 0.1) is 6.92 Å². The number of aryl methyl sites for hydroxylation is 2. The van der Waals surface area contributed by atoms with Crippen LogP contribution in [0.1, 0.15) is 35.9 Å². The molecule has 0 saturated heterocycles. The van der Waals surface area contributed by atoms with Crippen LogP contribution < -0.4 is 5.32 Å². The number of hydrogen-bond acceptors (Lipinski definition) is 2. The number of rotatable bonds is 4. The lowest BCUT2D eigenvalue weighted by atomic mass is 10.0. The standard InChI is InChI=1S/C15H18BrNS/c1-4-12-7-5-6-10(2)15(12)17-11(3)14-8-13(16)9-18-14/h5-9,11,17H,4H2,1-3H3. The second kappa shape index (κ2) is 5.89. The number of hydrogen-bond donors (Lipinski definition) is 1. The number of nitrogens with one attached hydrogen (secondary N) is 1. The Morgan fingerprint density at radius 2 is 2.17 bits per heavy atom. The summed E-state index contributed by atoms with van der Waals surface area (Å²) in [7, 11) is 0. The van der Waals surface area contributed by atoms with E-state index in [2.05, 4.69) is 71.7 Å². The Labute approximate surface area is 121 Å². The summed E-state index contributed by atoms with van der Waals surface area (Å²) < 4.78 is 1.16. The third-order valence-electron chi connectivity index (χ3n) is 3.12. The molecule has 0 spiro atoms. The average molecular weight is 324 g/mol. The average Bonchev–Trinajstić information content (AvgIpc) is 2.78. The highest BCUT2D eigenvalue weighted by Crippen LogP contribution is 2.30. The molecule has 96 valence electrons. The first-order valence-electron chi connectivity index (χ1n) is 6.20. The number of anilines is 1. The van der Waals surface area contributed by atoms with Gasteiger partial charge in [0.1, 0.15) is 0 Å². The Morgan fingerprint density at radius 3 is 2.78 bits per heavy atom. The lowest BCUT2D eigenvalue weighted by Crippen LogP contribution is -2.08. The highest BCUT2D eigenvalue weighted by Gasteiger charge is 2.11. The van der Waals surface area contributed by atoms with Crippen molar-refractivity contribution in [2.24, 2.45) is 0 Å². The third-order valence-corrected chi connectivity index (χ3v) is 4.99. The van der Waals surface area contributed by atoms with Crippen LogP contribution >= 0.6 is 27.3 Å². The van der Waals surface area contributed by atoms with Gasteiger partial charge in [-0.1, -0.05) is 25.1 Å². The lowest BCUT2D eigenvalue weighted by Gasteiger charge is -2.19. The SMILES string of the molecule is CCc1cccc(C)c1NC(C)c1cc(Br)cs1. The fourth-order valence-corrected chi connectivity index (χ4v) is 3.53. The van der Waals surface area contributed by atoms with Gasteiger partial charge in [0.25, 0.3) is 0 Å². The first kappa shape index (κ1) is 13.6. The van der Waals surface area contributed by atoms with Crippen LogP contribution in [0.2, 0.25) is 0 Å². The van der Waals surface area contributed by atoms with E-state index in [1.807, 2.05) is 0 Å². The van der Waals surface area contributed by atoms with Gasteiger partial charge in [0.15, 0.2) is 0 Å². The van der Waals surface area contributed by atoms with Crippen LogP contribution in [0.25, 0.3) is 0 Å². The van der Waals surface area contributed by atoms with Gasteiger partial charge in [-0.25, -0.2) is 0 Å². The fourth-order valence-electron chi connectivity index (χ4n) is 2.07. The number of thiophene rings is 1. The van der Waals surface area contributed by atoms with Gasteiger partial charge in [-0.05, 0) is 53.4 Å². The minimum absolute atomic E-state index is 0.340.